The second-order valence-electron chi connectivity index (χ2n) is 6.56. The first-order valence-electron chi connectivity index (χ1n) is 8.44. The molecule has 2 heterocycles. The Kier molecular flexibility index (Phi) is 4.81. The van der Waals surface area contributed by atoms with Gasteiger partial charge in [-0.2, -0.15) is 0 Å². The number of rotatable bonds is 6. The van der Waals surface area contributed by atoms with Gasteiger partial charge in [0.25, 0.3) is 0 Å². The number of likely N-dealkylation sites (N-methyl/N-ethyl adjacent to an activating group) is 1. The van der Waals surface area contributed by atoms with Crippen molar-refractivity contribution in [2.24, 2.45) is 0 Å². The predicted octanol–water partition coefficient (Wildman–Crippen LogP) is 2.98. The van der Waals surface area contributed by atoms with E-state index < -0.39 is 0 Å². The molecule has 116 valence electrons. The highest BCUT2D eigenvalue weighted by molar-refractivity contribution is 5.27. The Hall–Kier alpha value is -1.06. The van der Waals surface area contributed by atoms with Gasteiger partial charge >= 0.3 is 0 Å². The fourth-order valence-corrected chi connectivity index (χ4v) is 3.91. The van der Waals surface area contributed by atoms with Crippen LogP contribution in [-0.4, -0.2) is 42.7 Å². The van der Waals surface area contributed by atoms with E-state index >= 15 is 0 Å². The maximum atomic E-state index is 5.92. The van der Waals surface area contributed by atoms with E-state index in [1.807, 2.05) is 6.07 Å². The molecule has 2 fully saturated rings. The molecule has 1 aromatic rings. The summed E-state index contributed by atoms with van der Waals surface area (Å²) in [5, 5.41) is 3.73. The molecule has 2 bridgehead atoms. The highest BCUT2D eigenvalue weighted by atomic mass is 16.5. The zero-order valence-corrected chi connectivity index (χ0v) is 13.3. The molecule has 0 spiro atoms. The first-order chi connectivity index (χ1) is 10.2. The Morgan fingerprint density at radius 2 is 2.00 bits per heavy atom. The summed E-state index contributed by atoms with van der Waals surface area (Å²) in [5.41, 5.74) is 1.26. The number of hydrogen-bond acceptors (Lipinski definition) is 3. The minimum absolute atomic E-state index is 0.745. The van der Waals surface area contributed by atoms with Gasteiger partial charge in [-0.1, -0.05) is 19.1 Å². The molecular formula is C18H28N2O. The Labute approximate surface area is 128 Å². The number of nitrogens with zero attached hydrogens (tertiary/aromatic N) is 1. The molecular weight excluding hydrogens is 260 g/mol. The summed E-state index contributed by atoms with van der Waals surface area (Å²) in [4.78, 5) is 2.61. The third kappa shape index (κ3) is 3.78. The number of benzene rings is 1. The van der Waals surface area contributed by atoms with Crippen LogP contribution in [0.15, 0.2) is 24.3 Å². The van der Waals surface area contributed by atoms with Gasteiger partial charge in [-0.3, -0.25) is 4.90 Å². The number of ether oxygens (including phenoxy) is 1. The second kappa shape index (κ2) is 6.80. The Morgan fingerprint density at radius 3 is 2.67 bits per heavy atom. The van der Waals surface area contributed by atoms with E-state index in [1.54, 1.807) is 0 Å². The van der Waals surface area contributed by atoms with E-state index in [0.29, 0.717) is 0 Å². The molecule has 0 radical (unpaired) electrons. The Bertz CT molecular complexity index is 450. The normalized spacial score (nSPS) is 28.0. The SMILES string of the molecule is CCN(CCOc1cccc(C)c1)C1CC2CCC(C1)N2. The quantitative estimate of drug-likeness (QED) is 0.871. The summed E-state index contributed by atoms with van der Waals surface area (Å²) in [6, 6.07) is 10.6. The topological polar surface area (TPSA) is 24.5 Å². The summed E-state index contributed by atoms with van der Waals surface area (Å²) in [5.74, 6) is 0.997. The highest BCUT2D eigenvalue weighted by Gasteiger charge is 2.35. The molecule has 0 aromatic heterocycles. The molecule has 3 heteroatoms. The maximum Gasteiger partial charge on any atom is 0.119 e. The van der Waals surface area contributed by atoms with Crippen LogP contribution in [0.1, 0.15) is 38.2 Å². The maximum absolute atomic E-state index is 5.92. The molecule has 0 saturated carbocycles. The number of fused-ring (bicyclic) bond motifs is 2. The molecule has 3 rings (SSSR count). The van der Waals surface area contributed by atoms with Crippen molar-refractivity contribution in [2.75, 3.05) is 19.7 Å². The van der Waals surface area contributed by atoms with Crippen LogP contribution in [0.5, 0.6) is 5.75 Å². The Morgan fingerprint density at radius 1 is 1.24 bits per heavy atom. The second-order valence-corrected chi connectivity index (χ2v) is 6.56. The molecule has 3 nitrogen and oxygen atoms in total. The molecule has 2 atom stereocenters. The van der Waals surface area contributed by atoms with E-state index in [9.17, 15) is 0 Å². The molecule has 1 aromatic carbocycles. The number of aryl methyl sites for hydroxylation is 1. The molecule has 2 unspecified atom stereocenters. The van der Waals surface area contributed by atoms with Gasteiger partial charge in [0.2, 0.25) is 0 Å². The average Bonchev–Trinajstić information content (AvgIpc) is 2.82. The largest absolute Gasteiger partial charge is 0.492 e. The summed E-state index contributed by atoms with van der Waals surface area (Å²) in [6.45, 7) is 7.33. The van der Waals surface area contributed by atoms with Crippen molar-refractivity contribution in [1.82, 2.24) is 10.2 Å². The average molecular weight is 288 g/mol. The van der Waals surface area contributed by atoms with Crippen molar-refractivity contribution in [2.45, 2.75) is 57.7 Å². The van der Waals surface area contributed by atoms with Crippen molar-refractivity contribution in [1.29, 1.82) is 0 Å². The van der Waals surface area contributed by atoms with E-state index in [-0.39, 0.29) is 0 Å². The van der Waals surface area contributed by atoms with Crippen LogP contribution >= 0.6 is 0 Å². The molecule has 2 saturated heterocycles. The van der Waals surface area contributed by atoms with Crippen LogP contribution in [0.2, 0.25) is 0 Å². The third-order valence-corrected chi connectivity index (χ3v) is 5.01. The van der Waals surface area contributed by atoms with Gasteiger partial charge < -0.3 is 10.1 Å². The predicted molar refractivity (Wildman–Crippen MR) is 86.9 cm³/mol. The van der Waals surface area contributed by atoms with Crippen molar-refractivity contribution < 1.29 is 4.74 Å². The minimum Gasteiger partial charge on any atom is -0.492 e. The van der Waals surface area contributed by atoms with E-state index in [4.69, 9.17) is 4.74 Å². The van der Waals surface area contributed by atoms with Crippen molar-refractivity contribution in [3.05, 3.63) is 29.8 Å². The Balaban J connectivity index is 1.48. The lowest BCUT2D eigenvalue weighted by Gasteiger charge is -2.37. The zero-order chi connectivity index (χ0) is 14.7. The van der Waals surface area contributed by atoms with Crippen molar-refractivity contribution in [3.8, 4) is 5.75 Å². The molecule has 2 aliphatic rings. The van der Waals surface area contributed by atoms with E-state index in [0.717, 1.165) is 43.6 Å². The van der Waals surface area contributed by atoms with Crippen LogP contribution in [0, 0.1) is 6.92 Å². The van der Waals surface area contributed by atoms with Crippen molar-refractivity contribution in [3.63, 3.8) is 0 Å². The summed E-state index contributed by atoms with van der Waals surface area (Å²) >= 11 is 0. The lowest BCUT2D eigenvalue weighted by atomic mass is 9.98. The monoisotopic (exact) mass is 288 g/mol. The molecule has 2 aliphatic heterocycles. The standard InChI is InChI=1S/C18H28N2O/c1-3-20(17-12-15-7-8-16(13-17)19-15)9-10-21-18-6-4-5-14(2)11-18/h4-6,11,15-17,19H,3,7-10,12-13H2,1-2H3. The van der Waals surface area contributed by atoms with Gasteiger partial charge in [-0.05, 0) is 56.8 Å². The van der Waals surface area contributed by atoms with Gasteiger partial charge in [-0.15, -0.1) is 0 Å². The van der Waals surface area contributed by atoms with Crippen molar-refractivity contribution >= 4 is 0 Å². The number of hydrogen-bond donors (Lipinski definition) is 1. The van der Waals surface area contributed by atoms with Crippen LogP contribution < -0.4 is 10.1 Å². The summed E-state index contributed by atoms with van der Waals surface area (Å²) < 4.78 is 5.92. The number of nitrogens with one attached hydrogen (secondary N) is 1. The lowest BCUT2D eigenvalue weighted by molar-refractivity contribution is 0.125. The highest BCUT2D eigenvalue weighted by Crippen LogP contribution is 2.29. The third-order valence-electron chi connectivity index (χ3n) is 5.01. The summed E-state index contributed by atoms with van der Waals surface area (Å²) in [6.07, 6.45) is 5.38. The smallest absolute Gasteiger partial charge is 0.119 e. The zero-order valence-electron chi connectivity index (χ0n) is 13.3. The van der Waals surface area contributed by atoms with Crippen LogP contribution in [0.4, 0.5) is 0 Å². The number of piperidine rings is 1. The lowest BCUT2D eigenvalue weighted by Crippen LogP contribution is -2.49. The van der Waals surface area contributed by atoms with E-state index in [2.05, 4.69) is 42.3 Å². The van der Waals surface area contributed by atoms with Crippen LogP contribution in [0.25, 0.3) is 0 Å². The van der Waals surface area contributed by atoms with Gasteiger partial charge in [0, 0.05) is 24.7 Å². The fourth-order valence-electron chi connectivity index (χ4n) is 3.91. The fraction of sp³-hybridized carbons (Fsp3) is 0.667. The molecule has 0 amide bonds. The van der Waals surface area contributed by atoms with E-state index in [1.165, 1.54) is 31.2 Å². The van der Waals surface area contributed by atoms with Gasteiger partial charge in [-0.25, -0.2) is 0 Å². The van der Waals surface area contributed by atoms with Crippen LogP contribution in [-0.2, 0) is 0 Å². The first kappa shape index (κ1) is 14.9. The van der Waals surface area contributed by atoms with Gasteiger partial charge in [0.05, 0.1) is 0 Å². The molecule has 0 aliphatic carbocycles. The molecule has 21 heavy (non-hydrogen) atoms. The van der Waals surface area contributed by atoms with Gasteiger partial charge in [0.1, 0.15) is 12.4 Å². The summed E-state index contributed by atoms with van der Waals surface area (Å²) in [7, 11) is 0. The van der Waals surface area contributed by atoms with Gasteiger partial charge in [0.15, 0.2) is 0 Å². The molecule has 1 N–H and O–H groups in total. The minimum atomic E-state index is 0.745. The first-order valence-corrected chi connectivity index (χ1v) is 8.44. The van der Waals surface area contributed by atoms with Crippen LogP contribution in [0.3, 0.4) is 0 Å².